The molecule has 0 aliphatic rings. The summed E-state index contributed by atoms with van der Waals surface area (Å²) in [5.41, 5.74) is 2.32. The van der Waals surface area contributed by atoms with Gasteiger partial charge >= 0.3 is 0 Å². The van der Waals surface area contributed by atoms with Crippen LogP contribution < -0.4 is 0 Å². The number of halogens is 1. The van der Waals surface area contributed by atoms with Gasteiger partial charge in [0.25, 0.3) is 0 Å². The normalized spacial score (nSPS) is 10.1. The van der Waals surface area contributed by atoms with Crippen LogP contribution in [0.5, 0.6) is 0 Å². The largest absolute Gasteiger partial charge is 0.226 e. The Morgan fingerprint density at radius 3 is 2.21 bits per heavy atom. The van der Waals surface area contributed by atoms with Crippen LogP contribution in [0.25, 0.3) is 0 Å². The number of hydrogen-bond acceptors (Lipinski definition) is 2. The fourth-order valence-electron chi connectivity index (χ4n) is 1.26. The summed E-state index contributed by atoms with van der Waals surface area (Å²) in [6.45, 7) is 0. The van der Waals surface area contributed by atoms with E-state index in [1.807, 2.05) is 18.2 Å². The van der Waals surface area contributed by atoms with Crippen LogP contribution in [0.4, 0.5) is 0 Å². The Morgan fingerprint density at radius 2 is 1.57 bits per heavy atom. The van der Waals surface area contributed by atoms with Crippen LogP contribution in [0.3, 0.4) is 0 Å². The van der Waals surface area contributed by atoms with Gasteiger partial charge in [-0.2, -0.15) is 0 Å². The molecule has 2 rings (SSSR count). The summed E-state index contributed by atoms with van der Waals surface area (Å²) in [6, 6.07) is 10.2. The highest BCUT2D eigenvalue weighted by atomic mass is 35.5. The lowest BCUT2D eigenvalue weighted by Gasteiger charge is -1.99. The molecule has 0 N–H and O–H groups in total. The van der Waals surface area contributed by atoms with E-state index < -0.39 is 0 Å². The van der Waals surface area contributed by atoms with Crippen molar-refractivity contribution >= 4 is 11.6 Å². The molecular formula is C11H9ClN2. The minimum Gasteiger partial charge on any atom is -0.226 e. The van der Waals surface area contributed by atoms with Gasteiger partial charge < -0.3 is 0 Å². The first-order valence-corrected chi connectivity index (χ1v) is 4.73. The zero-order valence-corrected chi connectivity index (χ0v) is 8.28. The Balaban J connectivity index is 2.16. The molecule has 1 aromatic carbocycles. The third kappa shape index (κ3) is 2.30. The van der Waals surface area contributed by atoms with Gasteiger partial charge in [0, 0.05) is 18.8 Å². The minimum absolute atomic E-state index is 0.293. The summed E-state index contributed by atoms with van der Waals surface area (Å²) in [7, 11) is 0. The summed E-state index contributed by atoms with van der Waals surface area (Å²) < 4.78 is 0. The predicted octanol–water partition coefficient (Wildman–Crippen LogP) is 2.72. The van der Waals surface area contributed by atoms with Crippen molar-refractivity contribution in [2.75, 3.05) is 0 Å². The summed E-state index contributed by atoms with van der Waals surface area (Å²) in [4.78, 5) is 7.86. The van der Waals surface area contributed by atoms with Gasteiger partial charge in [0.15, 0.2) is 0 Å². The fourth-order valence-corrected chi connectivity index (χ4v) is 1.36. The molecule has 0 atom stereocenters. The average Bonchev–Trinajstić information content (AvgIpc) is 2.23. The lowest BCUT2D eigenvalue weighted by Crippen LogP contribution is -1.90. The zero-order chi connectivity index (χ0) is 9.80. The van der Waals surface area contributed by atoms with Gasteiger partial charge in [0.05, 0.1) is 0 Å². The molecule has 70 valence electrons. The molecule has 0 unspecified atom stereocenters. The average molecular weight is 205 g/mol. The second-order valence-corrected chi connectivity index (χ2v) is 3.36. The van der Waals surface area contributed by atoms with Gasteiger partial charge in [-0.05, 0) is 22.7 Å². The van der Waals surface area contributed by atoms with E-state index in [2.05, 4.69) is 22.1 Å². The maximum absolute atomic E-state index is 5.59. The van der Waals surface area contributed by atoms with Gasteiger partial charge in [0.1, 0.15) is 0 Å². The second kappa shape index (κ2) is 4.20. The van der Waals surface area contributed by atoms with E-state index in [9.17, 15) is 0 Å². The van der Waals surface area contributed by atoms with Crippen LogP contribution >= 0.6 is 11.6 Å². The topological polar surface area (TPSA) is 25.8 Å². The van der Waals surface area contributed by atoms with Crippen molar-refractivity contribution in [3.05, 3.63) is 59.1 Å². The summed E-state index contributed by atoms with van der Waals surface area (Å²) in [6.07, 6.45) is 4.35. The molecular weight excluding hydrogens is 196 g/mol. The van der Waals surface area contributed by atoms with Gasteiger partial charge in [-0.25, -0.2) is 9.97 Å². The van der Waals surface area contributed by atoms with Crippen LogP contribution in [0, 0.1) is 0 Å². The van der Waals surface area contributed by atoms with E-state index in [4.69, 9.17) is 11.6 Å². The van der Waals surface area contributed by atoms with E-state index >= 15 is 0 Å². The molecule has 0 saturated carbocycles. The summed E-state index contributed by atoms with van der Waals surface area (Å²) in [5, 5.41) is 0.293. The van der Waals surface area contributed by atoms with Gasteiger partial charge in [-0.15, -0.1) is 0 Å². The summed E-state index contributed by atoms with van der Waals surface area (Å²) in [5.74, 6) is 0. The molecule has 0 fully saturated rings. The van der Waals surface area contributed by atoms with Crippen molar-refractivity contribution < 1.29 is 0 Å². The van der Waals surface area contributed by atoms with Crippen LogP contribution in [-0.2, 0) is 6.42 Å². The third-order valence-corrected chi connectivity index (χ3v) is 2.12. The number of benzene rings is 1. The number of rotatable bonds is 2. The Bertz CT molecular complexity index is 397. The quantitative estimate of drug-likeness (QED) is 0.703. The van der Waals surface area contributed by atoms with Crippen molar-refractivity contribution in [1.82, 2.24) is 9.97 Å². The van der Waals surface area contributed by atoms with E-state index in [-0.39, 0.29) is 0 Å². The molecule has 2 aromatic rings. The van der Waals surface area contributed by atoms with Crippen LogP contribution in [-0.4, -0.2) is 9.97 Å². The number of aromatic nitrogens is 2. The fraction of sp³-hybridized carbons (Fsp3) is 0.0909. The van der Waals surface area contributed by atoms with E-state index in [0.29, 0.717) is 5.28 Å². The highest BCUT2D eigenvalue weighted by Crippen LogP contribution is 2.08. The van der Waals surface area contributed by atoms with Gasteiger partial charge in [-0.1, -0.05) is 30.3 Å². The number of hydrogen-bond donors (Lipinski definition) is 0. The zero-order valence-electron chi connectivity index (χ0n) is 7.52. The van der Waals surface area contributed by atoms with E-state index in [1.165, 1.54) is 5.56 Å². The first-order chi connectivity index (χ1) is 6.84. The molecule has 1 aromatic heterocycles. The molecule has 14 heavy (non-hydrogen) atoms. The molecule has 0 bridgehead atoms. The van der Waals surface area contributed by atoms with Crippen molar-refractivity contribution in [3.8, 4) is 0 Å². The maximum Gasteiger partial charge on any atom is 0.222 e. The SMILES string of the molecule is Clc1ncc(Cc2ccccc2)cn1. The smallest absolute Gasteiger partial charge is 0.222 e. The first kappa shape index (κ1) is 9.16. The van der Waals surface area contributed by atoms with Crippen molar-refractivity contribution in [2.45, 2.75) is 6.42 Å². The highest BCUT2D eigenvalue weighted by Gasteiger charge is 1.96. The Morgan fingerprint density at radius 1 is 0.929 bits per heavy atom. The lowest BCUT2D eigenvalue weighted by atomic mass is 10.1. The molecule has 2 nitrogen and oxygen atoms in total. The summed E-state index contributed by atoms with van der Waals surface area (Å²) >= 11 is 5.59. The van der Waals surface area contributed by atoms with E-state index in [0.717, 1.165) is 12.0 Å². The molecule has 0 spiro atoms. The van der Waals surface area contributed by atoms with Crippen LogP contribution in [0.15, 0.2) is 42.7 Å². The van der Waals surface area contributed by atoms with Crippen molar-refractivity contribution in [1.29, 1.82) is 0 Å². The molecule has 0 radical (unpaired) electrons. The molecule has 0 aliphatic carbocycles. The van der Waals surface area contributed by atoms with Crippen molar-refractivity contribution in [2.24, 2.45) is 0 Å². The monoisotopic (exact) mass is 204 g/mol. The maximum atomic E-state index is 5.59. The van der Waals surface area contributed by atoms with Crippen LogP contribution in [0.1, 0.15) is 11.1 Å². The predicted molar refractivity (Wildman–Crippen MR) is 56.3 cm³/mol. The van der Waals surface area contributed by atoms with Gasteiger partial charge in [-0.3, -0.25) is 0 Å². The molecule has 0 aliphatic heterocycles. The number of nitrogens with zero attached hydrogens (tertiary/aromatic N) is 2. The van der Waals surface area contributed by atoms with Gasteiger partial charge in [0.2, 0.25) is 5.28 Å². The molecule has 1 heterocycles. The highest BCUT2D eigenvalue weighted by molar-refractivity contribution is 6.28. The Kier molecular flexibility index (Phi) is 2.75. The molecule has 3 heteroatoms. The minimum atomic E-state index is 0.293. The third-order valence-electron chi connectivity index (χ3n) is 1.92. The Hall–Kier alpha value is -1.41. The van der Waals surface area contributed by atoms with Crippen molar-refractivity contribution in [3.63, 3.8) is 0 Å². The lowest BCUT2D eigenvalue weighted by molar-refractivity contribution is 1.07. The second-order valence-electron chi connectivity index (χ2n) is 3.02. The standard InChI is InChI=1S/C11H9ClN2/c12-11-13-7-10(8-14-11)6-9-4-2-1-3-5-9/h1-5,7-8H,6H2. The van der Waals surface area contributed by atoms with Crippen LogP contribution in [0.2, 0.25) is 5.28 Å². The Labute approximate surface area is 87.6 Å². The molecule has 0 saturated heterocycles. The van der Waals surface area contributed by atoms with E-state index in [1.54, 1.807) is 12.4 Å². The molecule has 0 amide bonds. The first-order valence-electron chi connectivity index (χ1n) is 4.35.